The van der Waals surface area contributed by atoms with Crippen molar-refractivity contribution in [3.05, 3.63) is 53.0 Å². The van der Waals surface area contributed by atoms with Crippen LogP contribution in [0.15, 0.2) is 30.6 Å². The number of hydrogen-bond acceptors (Lipinski definition) is 9. The Morgan fingerprint density at radius 3 is 2.69 bits per heavy atom. The number of aliphatic hydroxyl groups excluding tert-OH is 1. The molecule has 0 aliphatic carbocycles. The quantitative estimate of drug-likeness (QED) is 0.435. The molecule has 2 N–H and O–H groups in total. The van der Waals surface area contributed by atoms with E-state index >= 15 is 0 Å². The Morgan fingerprint density at radius 1 is 1.20 bits per heavy atom. The fourth-order valence-corrected chi connectivity index (χ4v) is 4.52. The lowest BCUT2D eigenvalue weighted by molar-refractivity contribution is 0.141. The molecule has 1 aromatic carbocycles. The van der Waals surface area contributed by atoms with Gasteiger partial charge in [-0.15, -0.1) is 0 Å². The van der Waals surface area contributed by atoms with Crippen LogP contribution in [-0.4, -0.2) is 56.8 Å². The highest BCUT2D eigenvalue weighted by Crippen LogP contribution is 2.39. The summed E-state index contributed by atoms with van der Waals surface area (Å²) in [6.07, 6.45) is 2.75. The number of fused-ring (bicyclic) bond motifs is 1. The van der Waals surface area contributed by atoms with Crippen molar-refractivity contribution in [1.82, 2.24) is 25.4 Å². The predicted octanol–water partition coefficient (Wildman–Crippen LogP) is 3.23. The maximum absolute atomic E-state index is 9.70. The lowest BCUT2D eigenvalue weighted by Gasteiger charge is -2.37. The topological polar surface area (TPSA) is 133 Å². The maximum atomic E-state index is 9.70. The van der Waals surface area contributed by atoms with Crippen LogP contribution in [-0.2, 0) is 0 Å². The Labute approximate surface area is 202 Å². The summed E-state index contributed by atoms with van der Waals surface area (Å²) in [5.41, 5.74) is 5.34. The molecule has 4 aromatic rings. The van der Waals surface area contributed by atoms with E-state index in [9.17, 15) is 10.4 Å². The largest absolute Gasteiger partial charge is 0.493 e. The van der Waals surface area contributed by atoms with E-state index in [0.717, 1.165) is 27.7 Å². The zero-order valence-electron chi connectivity index (χ0n) is 19.9. The molecule has 4 heterocycles. The highest BCUT2D eigenvalue weighted by molar-refractivity contribution is 5.95. The van der Waals surface area contributed by atoms with Crippen molar-refractivity contribution in [2.45, 2.75) is 33.0 Å². The Kier molecular flexibility index (Phi) is 5.70. The number of rotatable bonds is 6. The van der Waals surface area contributed by atoms with Crippen LogP contribution in [0.25, 0.3) is 22.2 Å². The van der Waals surface area contributed by atoms with Crippen molar-refractivity contribution in [3.63, 3.8) is 0 Å². The number of nitrogens with zero attached hydrogens (tertiary/aromatic N) is 6. The van der Waals surface area contributed by atoms with E-state index in [1.807, 2.05) is 37.8 Å². The highest BCUT2D eigenvalue weighted by Gasteiger charge is 2.28. The Bertz CT molecular complexity index is 1430. The monoisotopic (exact) mass is 471 g/mol. The van der Waals surface area contributed by atoms with Crippen LogP contribution in [0.5, 0.6) is 11.5 Å². The minimum Gasteiger partial charge on any atom is -0.493 e. The first kappa shape index (κ1) is 22.6. The van der Waals surface area contributed by atoms with Crippen LogP contribution in [0, 0.1) is 25.2 Å². The van der Waals surface area contributed by atoms with Crippen molar-refractivity contribution in [3.8, 4) is 28.8 Å². The summed E-state index contributed by atoms with van der Waals surface area (Å²) >= 11 is 0. The highest BCUT2D eigenvalue weighted by atomic mass is 16.5. The van der Waals surface area contributed by atoms with Gasteiger partial charge in [-0.3, -0.25) is 5.10 Å². The summed E-state index contributed by atoms with van der Waals surface area (Å²) in [7, 11) is 1.59. The fraction of sp³-hybridized carbons (Fsp3) is 0.320. The van der Waals surface area contributed by atoms with Crippen LogP contribution < -0.4 is 14.4 Å². The number of nitrogens with one attached hydrogen (secondary N) is 1. The van der Waals surface area contributed by atoms with Gasteiger partial charge in [0.15, 0.2) is 11.5 Å². The van der Waals surface area contributed by atoms with Crippen LogP contribution >= 0.6 is 0 Å². The van der Waals surface area contributed by atoms with Gasteiger partial charge in [0.25, 0.3) is 0 Å². The van der Waals surface area contributed by atoms with Crippen LogP contribution in [0.3, 0.4) is 0 Å². The summed E-state index contributed by atoms with van der Waals surface area (Å²) in [6, 6.07) is 7.71. The maximum Gasteiger partial charge on any atom is 0.162 e. The summed E-state index contributed by atoms with van der Waals surface area (Å²) in [5, 5.41) is 35.8. The average molecular weight is 472 g/mol. The number of aliphatic hydroxyl groups is 1. The fourth-order valence-electron chi connectivity index (χ4n) is 4.52. The SMILES string of the molecule is COc1cc2[nH]nc(-c3cnc(N4CC(O)C4)c(C#N)c3)c2cc1OC(C)c1c(C)cnnc1C. The lowest BCUT2D eigenvalue weighted by Crippen LogP contribution is -2.51. The molecule has 1 atom stereocenters. The van der Waals surface area contributed by atoms with Gasteiger partial charge in [0.2, 0.25) is 0 Å². The third-order valence-electron chi connectivity index (χ3n) is 6.25. The summed E-state index contributed by atoms with van der Waals surface area (Å²) in [4.78, 5) is 6.38. The van der Waals surface area contributed by atoms with Gasteiger partial charge in [-0.1, -0.05) is 0 Å². The molecule has 35 heavy (non-hydrogen) atoms. The molecule has 0 amide bonds. The second-order valence-corrected chi connectivity index (χ2v) is 8.67. The zero-order chi connectivity index (χ0) is 24.7. The first-order valence-corrected chi connectivity index (χ1v) is 11.2. The third kappa shape index (κ3) is 4.00. The first-order valence-electron chi connectivity index (χ1n) is 11.2. The molecule has 1 aliphatic heterocycles. The molecular weight excluding hydrogens is 446 g/mol. The second-order valence-electron chi connectivity index (χ2n) is 8.67. The number of benzene rings is 1. The number of β-amino-alcohol motifs (C(OH)–C–C–N with tert-alkyl or cyclic N) is 1. The van der Waals surface area contributed by atoms with E-state index in [1.54, 1.807) is 25.6 Å². The van der Waals surface area contributed by atoms with Gasteiger partial charge in [0, 0.05) is 41.9 Å². The van der Waals surface area contributed by atoms with Crippen molar-refractivity contribution in [2.24, 2.45) is 0 Å². The Morgan fingerprint density at radius 2 is 2.00 bits per heavy atom. The van der Waals surface area contributed by atoms with Crippen molar-refractivity contribution in [2.75, 3.05) is 25.1 Å². The molecule has 1 aliphatic rings. The molecule has 178 valence electrons. The molecule has 3 aromatic heterocycles. The van der Waals surface area contributed by atoms with Gasteiger partial charge in [-0.25, -0.2) is 4.98 Å². The molecule has 0 radical (unpaired) electrons. The van der Waals surface area contributed by atoms with E-state index in [1.165, 1.54) is 0 Å². The van der Waals surface area contributed by atoms with Gasteiger partial charge in [0.05, 0.1) is 36.2 Å². The normalized spacial score (nSPS) is 14.5. The molecule has 10 heteroatoms. The van der Waals surface area contributed by atoms with Crippen molar-refractivity contribution in [1.29, 1.82) is 5.26 Å². The number of ether oxygens (including phenoxy) is 2. The van der Waals surface area contributed by atoms with Crippen molar-refractivity contribution < 1.29 is 14.6 Å². The molecule has 0 spiro atoms. The molecule has 1 fully saturated rings. The number of aryl methyl sites for hydroxylation is 2. The Balaban J connectivity index is 1.53. The van der Waals surface area contributed by atoms with E-state index in [2.05, 4.69) is 31.4 Å². The summed E-state index contributed by atoms with van der Waals surface area (Å²) < 4.78 is 11.9. The van der Waals surface area contributed by atoms with E-state index in [0.29, 0.717) is 47.2 Å². The first-order chi connectivity index (χ1) is 16.9. The molecule has 10 nitrogen and oxygen atoms in total. The molecule has 1 unspecified atom stereocenters. The molecule has 1 saturated heterocycles. The number of aromatic nitrogens is 5. The Hall–Kier alpha value is -4.23. The van der Waals surface area contributed by atoms with E-state index < -0.39 is 0 Å². The number of aromatic amines is 1. The number of hydrogen-bond donors (Lipinski definition) is 2. The second kappa shape index (κ2) is 8.85. The average Bonchev–Trinajstić information content (AvgIpc) is 3.23. The number of nitriles is 1. The van der Waals surface area contributed by atoms with Crippen LogP contribution in [0.2, 0.25) is 0 Å². The molecule has 5 rings (SSSR count). The summed E-state index contributed by atoms with van der Waals surface area (Å²) in [6.45, 7) is 6.80. The molecular formula is C25H25N7O3. The molecule has 0 saturated carbocycles. The van der Waals surface area contributed by atoms with Gasteiger partial charge in [-0.2, -0.15) is 20.6 Å². The number of anilines is 1. The van der Waals surface area contributed by atoms with Gasteiger partial charge in [0.1, 0.15) is 23.7 Å². The van der Waals surface area contributed by atoms with Gasteiger partial charge in [-0.05, 0) is 38.5 Å². The predicted molar refractivity (Wildman–Crippen MR) is 129 cm³/mol. The van der Waals surface area contributed by atoms with E-state index in [4.69, 9.17) is 9.47 Å². The smallest absolute Gasteiger partial charge is 0.162 e. The standard InChI is InChI=1S/C25H25N7O3/c1-13-9-28-29-14(2)23(13)15(3)35-22-6-19-20(7-21(22)34-4)30-31-24(19)17-5-16(8-26)25(27-10-17)32-11-18(33)12-32/h5-7,9-10,15,18,33H,11-12H2,1-4H3,(H,30,31). The lowest BCUT2D eigenvalue weighted by atomic mass is 10.0. The number of methoxy groups -OCH3 is 1. The number of pyridine rings is 1. The summed E-state index contributed by atoms with van der Waals surface area (Å²) in [5.74, 6) is 1.70. The van der Waals surface area contributed by atoms with Crippen LogP contribution in [0.1, 0.15) is 35.4 Å². The van der Waals surface area contributed by atoms with E-state index in [-0.39, 0.29) is 12.2 Å². The van der Waals surface area contributed by atoms with Gasteiger partial charge < -0.3 is 19.5 Å². The number of H-pyrrole nitrogens is 1. The third-order valence-corrected chi connectivity index (χ3v) is 6.25. The minimum absolute atomic E-state index is 0.287. The van der Waals surface area contributed by atoms with Crippen molar-refractivity contribution >= 4 is 16.7 Å². The molecule has 0 bridgehead atoms. The van der Waals surface area contributed by atoms with Gasteiger partial charge >= 0.3 is 0 Å². The zero-order valence-corrected chi connectivity index (χ0v) is 19.9. The van der Waals surface area contributed by atoms with Crippen LogP contribution in [0.4, 0.5) is 5.82 Å². The minimum atomic E-state index is -0.385.